The van der Waals surface area contributed by atoms with Crippen LogP contribution in [0.1, 0.15) is 12.5 Å². The number of methoxy groups -OCH3 is 1. The minimum absolute atomic E-state index is 0.184. The van der Waals surface area contributed by atoms with Gasteiger partial charge in [-0.2, -0.15) is 13.2 Å². The molecule has 5 heteroatoms. The Hall–Kier alpha value is -1.75. The molecule has 0 fully saturated rings. The summed E-state index contributed by atoms with van der Waals surface area (Å²) >= 11 is 0. The summed E-state index contributed by atoms with van der Waals surface area (Å²) in [5, 5.41) is 10.7. The van der Waals surface area contributed by atoms with Gasteiger partial charge in [-0.1, -0.05) is 30.3 Å². The Bertz CT molecular complexity index is 603. The summed E-state index contributed by atoms with van der Waals surface area (Å²) in [6.45, 7) is 0.751. The Kier molecular flexibility index (Phi) is 3.18. The number of rotatable bonds is 2. The first kappa shape index (κ1) is 13.7. The zero-order valence-electron chi connectivity index (χ0n) is 10.5. The van der Waals surface area contributed by atoms with Crippen LogP contribution in [-0.2, 0) is 5.60 Å². The molecule has 0 radical (unpaired) electrons. The van der Waals surface area contributed by atoms with Gasteiger partial charge in [0.1, 0.15) is 5.75 Å². The zero-order valence-corrected chi connectivity index (χ0v) is 10.5. The summed E-state index contributed by atoms with van der Waals surface area (Å²) in [7, 11) is 1.45. The van der Waals surface area contributed by atoms with Gasteiger partial charge in [-0.15, -0.1) is 0 Å². The maximum absolute atomic E-state index is 12.9. The van der Waals surface area contributed by atoms with Crippen LogP contribution in [0.25, 0.3) is 10.8 Å². The van der Waals surface area contributed by atoms with E-state index in [1.165, 1.54) is 25.3 Å². The van der Waals surface area contributed by atoms with Crippen molar-refractivity contribution < 1.29 is 23.0 Å². The number of hydrogen-bond acceptors (Lipinski definition) is 2. The highest BCUT2D eigenvalue weighted by molar-refractivity contribution is 5.91. The van der Waals surface area contributed by atoms with E-state index in [4.69, 9.17) is 4.74 Å². The molecular formula is C14H13F3O2. The molecule has 1 atom stereocenters. The first-order chi connectivity index (χ1) is 8.79. The van der Waals surface area contributed by atoms with Crippen molar-refractivity contribution >= 4 is 10.8 Å². The van der Waals surface area contributed by atoms with Crippen molar-refractivity contribution in [2.75, 3.05) is 7.11 Å². The van der Waals surface area contributed by atoms with E-state index in [0.29, 0.717) is 16.5 Å². The first-order valence-corrected chi connectivity index (χ1v) is 5.64. The maximum Gasteiger partial charge on any atom is 0.421 e. The molecule has 0 spiro atoms. The summed E-state index contributed by atoms with van der Waals surface area (Å²) in [6.07, 6.45) is -4.75. The lowest BCUT2D eigenvalue weighted by Crippen LogP contribution is -2.39. The van der Waals surface area contributed by atoms with Crippen LogP contribution in [0.5, 0.6) is 5.75 Å². The van der Waals surface area contributed by atoms with E-state index in [9.17, 15) is 18.3 Å². The lowest BCUT2D eigenvalue weighted by atomic mass is 9.90. The molecule has 19 heavy (non-hydrogen) atoms. The summed E-state index contributed by atoms with van der Waals surface area (Å²) in [5.41, 5.74) is -3.09. The molecule has 2 aromatic rings. The lowest BCUT2D eigenvalue weighted by molar-refractivity contribution is -0.258. The van der Waals surface area contributed by atoms with Crippen molar-refractivity contribution in [1.82, 2.24) is 0 Å². The molecule has 0 heterocycles. The van der Waals surface area contributed by atoms with Crippen molar-refractivity contribution in [3.63, 3.8) is 0 Å². The van der Waals surface area contributed by atoms with Gasteiger partial charge in [-0.3, -0.25) is 0 Å². The van der Waals surface area contributed by atoms with Gasteiger partial charge < -0.3 is 9.84 Å². The van der Waals surface area contributed by atoms with Crippen molar-refractivity contribution in [2.24, 2.45) is 0 Å². The van der Waals surface area contributed by atoms with E-state index in [2.05, 4.69) is 0 Å². The van der Waals surface area contributed by atoms with Crippen LogP contribution in [0.4, 0.5) is 13.2 Å². The van der Waals surface area contributed by atoms with Crippen molar-refractivity contribution in [1.29, 1.82) is 0 Å². The van der Waals surface area contributed by atoms with E-state index in [1.54, 1.807) is 18.2 Å². The molecule has 1 unspecified atom stereocenters. The fourth-order valence-electron chi connectivity index (χ4n) is 2.04. The number of hydrogen-bond donors (Lipinski definition) is 1. The highest BCUT2D eigenvalue weighted by Gasteiger charge is 2.51. The molecule has 2 aromatic carbocycles. The van der Waals surface area contributed by atoms with Crippen LogP contribution >= 0.6 is 0 Å². The monoisotopic (exact) mass is 270 g/mol. The number of fused-ring (bicyclic) bond motifs is 1. The number of ether oxygens (including phenoxy) is 1. The molecule has 2 nitrogen and oxygen atoms in total. The summed E-state index contributed by atoms with van der Waals surface area (Å²) < 4.78 is 44.0. The largest absolute Gasteiger partial charge is 0.496 e. The number of aliphatic hydroxyl groups is 1. The minimum atomic E-state index is -4.75. The fourth-order valence-corrected chi connectivity index (χ4v) is 2.04. The van der Waals surface area contributed by atoms with Crippen molar-refractivity contribution in [2.45, 2.75) is 18.7 Å². The Morgan fingerprint density at radius 1 is 1.00 bits per heavy atom. The summed E-state index contributed by atoms with van der Waals surface area (Å²) in [6, 6.07) is 9.19. The average Bonchev–Trinajstić information content (AvgIpc) is 2.35. The predicted molar refractivity (Wildman–Crippen MR) is 66.1 cm³/mol. The van der Waals surface area contributed by atoms with Crippen molar-refractivity contribution in [3.05, 3.63) is 42.0 Å². The van der Waals surface area contributed by atoms with Crippen LogP contribution in [0, 0.1) is 0 Å². The van der Waals surface area contributed by atoms with Gasteiger partial charge in [0, 0.05) is 10.9 Å². The molecule has 0 amide bonds. The second-order valence-corrected chi connectivity index (χ2v) is 4.43. The molecular weight excluding hydrogens is 257 g/mol. The van der Waals surface area contributed by atoms with Crippen LogP contribution in [0.3, 0.4) is 0 Å². The molecule has 0 saturated heterocycles. The van der Waals surface area contributed by atoms with Crippen LogP contribution in [0.2, 0.25) is 0 Å². The number of halogens is 3. The predicted octanol–water partition coefficient (Wildman–Crippen LogP) is 3.62. The molecule has 2 rings (SSSR count). The molecule has 0 aromatic heterocycles. The summed E-state index contributed by atoms with van der Waals surface area (Å²) in [4.78, 5) is 0. The first-order valence-electron chi connectivity index (χ1n) is 5.64. The van der Waals surface area contributed by atoms with Gasteiger partial charge in [0.05, 0.1) is 7.11 Å². The van der Waals surface area contributed by atoms with E-state index in [-0.39, 0.29) is 5.56 Å². The molecule has 0 aliphatic rings. The Labute approximate surface area is 108 Å². The van der Waals surface area contributed by atoms with E-state index in [1.807, 2.05) is 0 Å². The van der Waals surface area contributed by atoms with E-state index < -0.39 is 11.8 Å². The Morgan fingerprint density at radius 2 is 1.58 bits per heavy atom. The highest BCUT2D eigenvalue weighted by Crippen LogP contribution is 2.42. The molecule has 102 valence electrons. The second kappa shape index (κ2) is 4.42. The van der Waals surface area contributed by atoms with Crippen LogP contribution in [0.15, 0.2) is 36.4 Å². The van der Waals surface area contributed by atoms with Gasteiger partial charge in [0.2, 0.25) is 0 Å². The summed E-state index contributed by atoms with van der Waals surface area (Å²) in [5.74, 6) is 0.470. The fraction of sp³-hybridized carbons (Fsp3) is 0.286. The SMILES string of the molecule is COc1cccc2c(C(C)(O)C(F)(F)F)cccc12. The maximum atomic E-state index is 12.9. The third-order valence-electron chi connectivity index (χ3n) is 3.18. The molecule has 0 saturated carbocycles. The molecule has 0 aliphatic heterocycles. The van der Waals surface area contributed by atoms with Crippen LogP contribution in [-0.4, -0.2) is 18.4 Å². The van der Waals surface area contributed by atoms with E-state index >= 15 is 0 Å². The normalized spacial score (nSPS) is 15.3. The smallest absolute Gasteiger partial charge is 0.421 e. The number of alkyl halides is 3. The number of benzene rings is 2. The minimum Gasteiger partial charge on any atom is -0.496 e. The highest BCUT2D eigenvalue weighted by atomic mass is 19.4. The van der Waals surface area contributed by atoms with Gasteiger partial charge in [-0.25, -0.2) is 0 Å². The Morgan fingerprint density at radius 3 is 2.16 bits per heavy atom. The molecule has 0 aliphatic carbocycles. The van der Waals surface area contributed by atoms with Gasteiger partial charge in [-0.05, 0) is 18.4 Å². The second-order valence-electron chi connectivity index (χ2n) is 4.43. The standard InChI is InChI=1S/C14H13F3O2/c1-13(18,14(15,16)17)11-7-3-6-10-9(11)5-4-8-12(10)19-2/h3-8,18H,1-2H3. The van der Waals surface area contributed by atoms with Crippen molar-refractivity contribution in [3.8, 4) is 5.75 Å². The molecule has 0 bridgehead atoms. The van der Waals surface area contributed by atoms with Gasteiger partial charge in [0.25, 0.3) is 0 Å². The third-order valence-corrected chi connectivity index (χ3v) is 3.18. The van der Waals surface area contributed by atoms with Gasteiger partial charge in [0.15, 0.2) is 5.60 Å². The Balaban J connectivity index is 2.76. The zero-order chi connectivity index (χ0) is 14.3. The molecule has 1 N–H and O–H groups in total. The van der Waals surface area contributed by atoms with Gasteiger partial charge >= 0.3 is 6.18 Å². The average molecular weight is 270 g/mol. The third kappa shape index (κ3) is 2.14. The topological polar surface area (TPSA) is 29.5 Å². The quantitative estimate of drug-likeness (QED) is 0.903. The van der Waals surface area contributed by atoms with E-state index in [0.717, 1.165) is 6.92 Å². The van der Waals surface area contributed by atoms with Crippen LogP contribution < -0.4 is 4.74 Å². The lowest BCUT2D eigenvalue weighted by Gasteiger charge is -2.28.